The van der Waals surface area contributed by atoms with Crippen LogP contribution in [0.4, 0.5) is 0 Å². The second-order valence-electron chi connectivity index (χ2n) is 9.09. The minimum Gasteiger partial charge on any atom is -0.195 e. The molecule has 26 heavy (non-hydrogen) atoms. The van der Waals surface area contributed by atoms with E-state index in [0.29, 0.717) is 24.3 Å². The van der Waals surface area contributed by atoms with Gasteiger partial charge in [0.25, 0.3) is 10.2 Å². The molecule has 0 radical (unpaired) electrons. The van der Waals surface area contributed by atoms with Crippen molar-refractivity contribution in [3.8, 4) is 0 Å². The maximum atomic E-state index is 13.0. The average molecular weight is 375 g/mol. The van der Waals surface area contributed by atoms with Crippen LogP contribution < -0.4 is 4.72 Å². The van der Waals surface area contributed by atoms with Crippen molar-refractivity contribution in [1.29, 1.82) is 0 Å². The van der Waals surface area contributed by atoms with Crippen molar-refractivity contribution in [2.45, 2.75) is 63.3 Å². The fraction of sp³-hybridized carbons (Fsp3) is 0.714. The molecule has 1 heterocycles. The van der Waals surface area contributed by atoms with Crippen molar-refractivity contribution in [3.05, 3.63) is 35.4 Å². The molecular weight excluding hydrogens is 344 g/mol. The lowest BCUT2D eigenvalue weighted by atomic mass is 9.79. The molecule has 4 nitrogen and oxygen atoms in total. The van der Waals surface area contributed by atoms with Crippen LogP contribution in [-0.4, -0.2) is 31.4 Å². The zero-order chi connectivity index (χ0) is 17.8. The molecule has 1 saturated heterocycles. The maximum Gasteiger partial charge on any atom is 0.280 e. The molecule has 0 amide bonds. The first-order valence-electron chi connectivity index (χ1n) is 10.4. The van der Waals surface area contributed by atoms with Crippen LogP contribution in [0.1, 0.15) is 56.1 Å². The molecular formula is C21H30N2O2S. The van der Waals surface area contributed by atoms with Gasteiger partial charge in [-0.25, -0.2) is 0 Å². The van der Waals surface area contributed by atoms with E-state index in [0.717, 1.165) is 32.2 Å². The standard InChI is InChI=1S/C21H30N2O2S/c24-26(25)22-21(15-23(26)14-16-6-2-1-3-7-16)19-10-11-20(21)13-18-9-5-4-8-17(18)12-19/h4-5,8-9,16,19-20,22H,1-3,6-7,10-15H2/t19-,20+,21?. The first kappa shape index (κ1) is 17.2. The summed E-state index contributed by atoms with van der Waals surface area (Å²) in [5.74, 6) is 1.42. The Balaban J connectivity index is 1.43. The van der Waals surface area contributed by atoms with Crippen molar-refractivity contribution in [2.24, 2.45) is 17.8 Å². The predicted octanol–water partition coefficient (Wildman–Crippen LogP) is 3.28. The summed E-state index contributed by atoms with van der Waals surface area (Å²) in [5, 5.41) is 0. The molecule has 5 rings (SSSR count). The van der Waals surface area contributed by atoms with E-state index in [1.54, 1.807) is 0 Å². The summed E-state index contributed by atoms with van der Waals surface area (Å²) in [4.78, 5) is 0. The summed E-state index contributed by atoms with van der Waals surface area (Å²) >= 11 is 0. The minimum atomic E-state index is -3.34. The maximum absolute atomic E-state index is 13.0. The summed E-state index contributed by atoms with van der Waals surface area (Å²) in [6.07, 6.45) is 10.6. The highest BCUT2D eigenvalue weighted by Gasteiger charge is 2.59. The monoisotopic (exact) mass is 374 g/mol. The highest BCUT2D eigenvalue weighted by Crippen LogP contribution is 2.50. The van der Waals surface area contributed by atoms with Gasteiger partial charge in [-0.15, -0.1) is 0 Å². The largest absolute Gasteiger partial charge is 0.280 e. The van der Waals surface area contributed by atoms with Crippen LogP contribution in [0, 0.1) is 17.8 Å². The van der Waals surface area contributed by atoms with Gasteiger partial charge in [-0.2, -0.15) is 17.4 Å². The van der Waals surface area contributed by atoms with E-state index >= 15 is 0 Å². The minimum absolute atomic E-state index is 0.244. The van der Waals surface area contributed by atoms with Crippen molar-refractivity contribution in [2.75, 3.05) is 13.1 Å². The third kappa shape index (κ3) is 2.74. The third-order valence-corrected chi connectivity index (χ3v) is 9.25. The zero-order valence-corrected chi connectivity index (χ0v) is 16.3. The normalized spacial score (nSPS) is 36.9. The number of hydrogen-bond acceptors (Lipinski definition) is 2. The van der Waals surface area contributed by atoms with E-state index in [1.165, 1.54) is 43.2 Å². The quantitative estimate of drug-likeness (QED) is 0.864. The van der Waals surface area contributed by atoms with E-state index in [4.69, 9.17) is 0 Å². The second kappa shape index (κ2) is 6.32. The molecule has 1 N–H and O–H groups in total. The van der Waals surface area contributed by atoms with Crippen LogP contribution in [0.15, 0.2) is 24.3 Å². The molecule has 3 fully saturated rings. The molecule has 142 valence electrons. The second-order valence-corrected chi connectivity index (χ2v) is 10.8. The Morgan fingerprint density at radius 3 is 2.19 bits per heavy atom. The van der Waals surface area contributed by atoms with Crippen LogP contribution in [0.5, 0.6) is 0 Å². The van der Waals surface area contributed by atoms with Gasteiger partial charge < -0.3 is 0 Å². The van der Waals surface area contributed by atoms with Crippen molar-refractivity contribution < 1.29 is 8.42 Å². The molecule has 4 aliphatic rings. The molecule has 1 unspecified atom stereocenters. The number of rotatable bonds is 2. The summed E-state index contributed by atoms with van der Waals surface area (Å²) in [7, 11) is -3.34. The van der Waals surface area contributed by atoms with Gasteiger partial charge in [-0.1, -0.05) is 43.5 Å². The molecule has 3 aliphatic carbocycles. The van der Waals surface area contributed by atoms with Crippen molar-refractivity contribution in [1.82, 2.24) is 9.03 Å². The summed E-state index contributed by atoms with van der Waals surface area (Å²) < 4.78 is 31.1. The van der Waals surface area contributed by atoms with Gasteiger partial charge >= 0.3 is 0 Å². The summed E-state index contributed by atoms with van der Waals surface area (Å²) in [5.41, 5.74) is 2.62. The Bertz CT molecular complexity index is 752. The lowest BCUT2D eigenvalue weighted by molar-refractivity contribution is 0.196. The SMILES string of the molecule is O=S1(=O)NC2(CN1CC1CCCCC1)[C@@H]1CC[C@H]2Cc2ccccc2C1. The van der Waals surface area contributed by atoms with E-state index in [2.05, 4.69) is 29.0 Å². The van der Waals surface area contributed by atoms with Crippen LogP contribution in [0.3, 0.4) is 0 Å². The predicted molar refractivity (Wildman–Crippen MR) is 103 cm³/mol. The average Bonchev–Trinajstić information content (AvgIpc) is 3.01. The van der Waals surface area contributed by atoms with Crippen LogP contribution in [-0.2, 0) is 23.1 Å². The van der Waals surface area contributed by atoms with Gasteiger partial charge in [0.15, 0.2) is 0 Å². The van der Waals surface area contributed by atoms with Gasteiger partial charge in [0.2, 0.25) is 0 Å². The Morgan fingerprint density at radius 1 is 0.962 bits per heavy atom. The molecule has 2 saturated carbocycles. The van der Waals surface area contributed by atoms with E-state index in [-0.39, 0.29) is 5.54 Å². The van der Waals surface area contributed by atoms with Gasteiger partial charge in [-0.3, -0.25) is 0 Å². The van der Waals surface area contributed by atoms with Gasteiger partial charge in [0.1, 0.15) is 0 Å². The number of nitrogens with one attached hydrogen (secondary N) is 1. The first-order valence-corrected chi connectivity index (χ1v) is 11.9. The van der Waals surface area contributed by atoms with E-state index in [1.807, 2.05) is 4.31 Å². The smallest absolute Gasteiger partial charge is 0.195 e. The highest BCUT2D eigenvalue weighted by molar-refractivity contribution is 7.87. The lowest BCUT2D eigenvalue weighted by Crippen LogP contribution is -2.52. The van der Waals surface area contributed by atoms with Crippen LogP contribution in [0.25, 0.3) is 0 Å². The summed E-state index contributed by atoms with van der Waals surface area (Å²) in [6, 6.07) is 8.73. The molecule has 1 aromatic carbocycles. The number of nitrogens with zero attached hydrogens (tertiary/aromatic N) is 1. The molecule has 1 aromatic rings. The Kier molecular flexibility index (Phi) is 4.18. The number of fused-ring (bicyclic) bond motifs is 1. The zero-order valence-electron chi connectivity index (χ0n) is 15.5. The Labute approximate surface area is 157 Å². The van der Waals surface area contributed by atoms with Gasteiger partial charge in [0.05, 0.1) is 5.54 Å². The Hall–Kier alpha value is -0.910. The van der Waals surface area contributed by atoms with Crippen molar-refractivity contribution >= 4 is 10.2 Å². The molecule has 1 spiro atoms. The van der Waals surface area contributed by atoms with Crippen LogP contribution >= 0.6 is 0 Å². The molecule has 1 aliphatic heterocycles. The molecule has 2 bridgehead atoms. The van der Waals surface area contributed by atoms with Gasteiger partial charge in [-0.05, 0) is 67.4 Å². The first-order chi connectivity index (χ1) is 12.6. The topological polar surface area (TPSA) is 49.4 Å². The molecule has 0 aromatic heterocycles. The lowest BCUT2D eigenvalue weighted by Gasteiger charge is -2.34. The van der Waals surface area contributed by atoms with Crippen LogP contribution in [0.2, 0.25) is 0 Å². The fourth-order valence-corrected chi connectivity index (χ4v) is 8.06. The van der Waals surface area contributed by atoms with Gasteiger partial charge in [0, 0.05) is 13.1 Å². The molecule has 3 atom stereocenters. The fourth-order valence-electron chi connectivity index (χ4n) is 6.26. The molecule has 5 heteroatoms. The Morgan fingerprint density at radius 2 is 1.58 bits per heavy atom. The summed E-state index contributed by atoms with van der Waals surface area (Å²) in [6.45, 7) is 1.42. The van der Waals surface area contributed by atoms with Crippen molar-refractivity contribution in [3.63, 3.8) is 0 Å². The van der Waals surface area contributed by atoms with E-state index in [9.17, 15) is 8.42 Å². The highest BCUT2D eigenvalue weighted by atomic mass is 32.2. The number of benzene rings is 1. The third-order valence-electron chi connectivity index (χ3n) is 7.66. The number of hydrogen-bond donors (Lipinski definition) is 1. The van der Waals surface area contributed by atoms with E-state index < -0.39 is 10.2 Å².